The van der Waals surface area contributed by atoms with Gasteiger partial charge in [-0.05, 0) is 5.92 Å². The summed E-state index contributed by atoms with van der Waals surface area (Å²) in [5, 5.41) is 10.7. The molecule has 1 N–H and O–H groups in total. The van der Waals surface area contributed by atoms with Gasteiger partial charge in [-0.3, -0.25) is 0 Å². The third-order valence-electron chi connectivity index (χ3n) is 4.44. The molecule has 2 aliphatic rings. The molecule has 0 spiro atoms. The molecule has 2 rings (SSSR count). The van der Waals surface area contributed by atoms with Crippen LogP contribution in [0.3, 0.4) is 0 Å². The van der Waals surface area contributed by atoms with Crippen molar-refractivity contribution in [1.82, 2.24) is 0 Å². The van der Waals surface area contributed by atoms with Crippen LogP contribution in [-0.4, -0.2) is 51.5 Å². The molecule has 0 aliphatic carbocycles. The molecule has 2 aliphatic heterocycles. The van der Waals surface area contributed by atoms with Crippen molar-refractivity contribution in [2.45, 2.75) is 57.4 Å². The van der Waals surface area contributed by atoms with Crippen LogP contribution >= 0.6 is 0 Å². The molecule has 2 heterocycles. The average molecular weight is 351 g/mol. The van der Waals surface area contributed by atoms with E-state index < -0.39 is 14.2 Å². The van der Waals surface area contributed by atoms with E-state index in [0.29, 0.717) is 6.42 Å². The van der Waals surface area contributed by atoms with E-state index in [4.69, 9.17) is 14.2 Å². The minimum Gasteiger partial charge on any atom is -0.389 e. The van der Waals surface area contributed by atoms with Gasteiger partial charge in [-0.25, -0.2) is 0 Å². The summed E-state index contributed by atoms with van der Waals surface area (Å²) in [5.74, 6) is 3.50. The Balaban J connectivity index is 2.13. The minimum atomic E-state index is -1.44. The minimum absolute atomic E-state index is 0.0542. The standard InChI is InChI=1S/C19H30O4Si/c1-14-16-10-6-7-11-17(23-16)18(14)19(22-13-21-2)15(20)9-8-12-24(3,4)5/h6-7,10-11,14-20H,9,13H2,1-5H3/t14-,15+,16-,17+,18-,19+/m1/s1. The van der Waals surface area contributed by atoms with E-state index >= 15 is 0 Å². The van der Waals surface area contributed by atoms with Gasteiger partial charge < -0.3 is 19.3 Å². The highest BCUT2D eigenvalue weighted by atomic mass is 28.3. The van der Waals surface area contributed by atoms with Gasteiger partial charge in [0.05, 0.1) is 24.4 Å². The number of methoxy groups -OCH3 is 1. The van der Waals surface area contributed by atoms with Gasteiger partial charge in [0.1, 0.15) is 14.9 Å². The van der Waals surface area contributed by atoms with Crippen LogP contribution < -0.4 is 0 Å². The second-order valence-electron chi connectivity index (χ2n) is 7.63. The van der Waals surface area contributed by atoms with Crippen LogP contribution in [0.15, 0.2) is 24.3 Å². The number of hydrogen-bond acceptors (Lipinski definition) is 4. The number of aliphatic hydroxyl groups excluding tert-OH is 1. The van der Waals surface area contributed by atoms with E-state index in [1.807, 2.05) is 18.2 Å². The first-order valence-electron chi connectivity index (χ1n) is 8.62. The molecule has 0 unspecified atom stereocenters. The van der Waals surface area contributed by atoms with Gasteiger partial charge in [0.25, 0.3) is 0 Å². The molecular formula is C19H30O4Si. The molecule has 0 aromatic rings. The quantitative estimate of drug-likeness (QED) is 0.455. The Kier molecular flexibility index (Phi) is 6.85. The molecule has 24 heavy (non-hydrogen) atoms. The van der Waals surface area contributed by atoms with Crippen molar-refractivity contribution in [3.8, 4) is 11.5 Å². The predicted octanol–water partition coefficient (Wildman–Crippen LogP) is 2.75. The first-order chi connectivity index (χ1) is 11.3. The van der Waals surface area contributed by atoms with Crippen LogP contribution in [0.5, 0.6) is 0 Å². The van der Waals surface area contributed by atoms with E-state index in [9.17, 15) is 5.11 Å². The second-order valence-corrected chi connectivity index (χ2v) is 12.4. The molecule has 6 atom stereocenters. The highest BCUT2D eigenvalue weighted by Crippen LogP contribution is 2.39. The van der Waals surface area contributed by atoms with Crippen LogP contribution in [0.2, 0.25) is 19.6 Å². The number of hydrogen-bond donors (Lipinski definition) is 1. The lowest BCUT2D eigenvalue weighted by atomic mass is 9.80. The van der Waals surface area contributed by atoms with Gasteiger partial charge >= 0.3 is 0 Å². The number of allylic oxidation sites excluding steroid dienone is 2. The first-order valence-corrected chi connectivity index (χ1v) is 12.1. The molecule has 134 valence electrons. The van der Waals surface area contributed by atoms with Gasteiger partial charge in [0.2, 0.25) is 0 Å². The van der Waals surface area contributed by atoms with E-state index in [1.54, 1.807) is 7.11 Å². The summed E-state index contributed by atoms with van der Waals surface area (Å²) in [4.78, 5) is 0. The SMILES string of the molecule is COCO[C@H]([C@@H]1[C@H](C)[C@H]2C=CC=C[C@@H]1O2)[C@@H](O)CC#C[Si](C)(C)C. The maximum atomic E-state index is 10.7. The zero-order valence-electron chi connectivity index (χ0n) is 15.4. The fraction of sp³-hybridized carbons (Fsp3) is 0.684. The number of aliphatic hydroxyl groups is 1. The topological polar surface area (TPSA) is 47.9 Å². The number of ether oxygens (including phenoxy) is 3. The van der Waals surface area contributed by atoms with Gasteiger partial charge in [0.15, 0.2) is 0 Å². The Morgan fingerprint density at radius 2 is 1.88 bits per heavy atom. The van der Waals surface area contributed by atoms with Crippen LogP contribution in [-0.2, 0) is 14.2 Å². The Morgan fingerprint density at radius 3 is 2.50 bits per heavy atom. The molecule has 0 aromatic carbocycles. The molecule has 1 saturated heterocycles. The first kappa shape index (κ1) is 19.4. The zero-order valence-corrected chi connectivity index (χ0v) is 16.4. The van der Waals surface area contributed by atoms with Gasteiger partial charge in [0, 0.05) is 19.4 Å². The number of rotatable bonds is 6. The molecular weight excluding hydrogens is 320 g/mol. The van der Waals surface area contributed by atoms with Crippen LogP contribution in [0.25, 0.3) is 0 Å². The summed E-state index contributed by atoms with van der Waals surface area (Å²) >= 11 is 0. The van der Waals surface area contributed by atoms with Crippen molar-refractivity contribution < 1.29 is 19.3 Å². The molecule has 0 aromatic heterocycles. The van der Waals surface area contributed by atoms with Crippen LogP contribution in [0, 0.1) is 23.3 Å². The fourth-order valence-electron chi connectivity index (χ4n) is 3.30. The van der Waals surface area contributed by atoms with Crippen LogP contribution in [0.4, 0.5) is 0 Å². The van der Waals surface area contributed by atoms with Crippen molar-refractivity contribution in [1.29, 1.82) is 0 Å². The largest absolute Gasteiger partial charge is 0.389 e. The summed E-state index contributed by atoms with van der Waals surface area (Å²) in [6.07, 6.45) is 7.57. The normalized spacial score (nSPS) is 31.2. The highest BCUT2D eigenvalue weighted by Gasteiger charge is 2.46. The lowest BCUT2D eigenvalue weighted by molar-refractivity contribution is -0.140. The lowest BCUT2D eigenvalue weighted by Crippen LogP contribution is -2.42. The molecule has 4 nitrogen and oxygen atoms in total. The molecule has 0 radical (unpaired) electrons. The smallest absolute Gasteiger partial charge is 0.146 e. The summed E-state index contributed by atoms with van der Waals surface area (Å²) in [5.41, 5.74) is 3.31. The maximum Gasteiger partial charge on any atom is 0.146 e. The monoisotopic (exact) mass is 350 g/mol. The predicted molar refractivity (Wildman–Crippen MR) is 98.1 cm³/mol. The Bertz CT molecular complexity index is 526. The summed E-state index contributed by atoms with van der Waals surface area (Å²) in [7, 11) is 0.152. The fourth-order valence-corrected chi connectivity index (χ4v) is 3.94. The molecule has 1 fully saturated rings. The van der Waals surface area contributed by atoms with E-state index in [-0.39, 0.29) is 36.9 Å². The molecule has 0 amide bonds. The summed E-state index contributed by atoms with van der Waals surface area (Å²) in [6, 6.07) is 0. The van der Waals surface area contributed by atoms with E-state index in [2.05, 4.69) is 44.1 Å². The Hall–Kier alpha value is -0.903. The van der Waals surface area contributed by atoms with Crippen molar-refractivity contribution in [2.24, 2.45) is 11.8 Å². The summed E-state index contributed by atoms with van der Waals surface area (Å²) < 4.78 is 17.0. The molecule has 2 bridgehead atoms. The second kappa shape index (κ2) is 8.46. The van der Waals surface area contributed by atoms with Crippen molar-refractivity contribution in [2.75, 3.05) is 13.9 Å². The average Bonchev–Trinajstić information content (AvgIpc) is 2.67. The zero-order chi connectivity index (χ0) is 17.7. The van der Waals surface area contributed by atoms with Gasteiger partial charge in [-0.15, -0.1) is 11.5 Å². The van der Waals surface area contributed by atoms with Crippen molar-refractivity contribution in [3.63, 3.8) is 0 Å². The number of fused-ring (bicyclic) bond motifs is 2. The molecule has 5 heteroatoms. The highest BCUT2D eigenvalue weighted by molar-refractivity contribution is 6.83. The lowest BCUT2D eigenvalue weighted by Gasteiger charge is -2.32. The third kappa shape index (κ3) is 5.04. The maximum absolute atomic E-state index is 10.7. The summed E-state index contributed by atoms with van der Waals surface area (Å²) in [6.45, 7) is 8.90. The van der Waals surface area contributed by atoms with E-state index in [0.717, 1.165) is 0 Å². The molecule has 0 saturated carbocycles. The Labute approximate surface area is 146 Å². The van der Waals surface area contributed by atoms with Crippen molar-refractivity contribution >= 4 is 8.07 Å². The van der Waals surface area contributed by atoms with Gasteiger partial charge in [-0.2, -0.15) is 0 Å². The third-order valence-corrected chi connectivity index (χ3v) is 5.37. The Morgan fingerprint density at radius 1 is 1.21 bits per heavy atom. The van der Waals surface area contributed by atoms with Crippen LogP contribution in [0.1, 0.15) is 13.3 Å². The van der Waals surface area contributed by atoms with Gasteiger partial charge in [-0.1, -0.05) is 50.9 Å². The van der Waals surface area contributed by atoms with E-state index in [1.165, 1.54) is 0 Å². The van der Waals surface area contributed by atoms with Crippen molar-refractivity contribution in [3.05, 3.63) is 24.3 Å².